The summed E-state index contributed by atoms with van der Waals surface area (Å²) in [6.45, 7) is 1.89. The summed E-state index contributed by atoms with van der Waals surface area (Å²) in [6.07, 6.45) is -0.720. The first kappa shape index (κ1) is 15.1. The number of carbonyl (C=O) groups excluding carboxylic acids is 2. The van der Waals surface area contributed by atoms with Gasteiger partial charge in [-0.2, -0.15) is 0 Å². The Bertz CT molecular complexity index is 440. The fraction of sp³-hybridized carbons (Fsp3) is 0.385. The highest BCUT2D eigenvalue weighted by molar-refractivity contribution is 6.35. The molecular weight excluding hydrogens is 278 g/mol. The Labute approximate surface area is 115 Å². The number of Topliss-reactive ketones (excluding diaryl/α,β-unsaturated/α-hetero) is 2. The smallest absolute Gasteiger partial charge is 0.220 e. The summed E-state index contributed by atoms with van der Waals surface area (Å²) in [4.78, 5) is 23.2. The number of hydrogen-bond donors (Lipinski definition) is 0. The molecule has 0 aliphatic heterocycles. The Morgan fingerprint density at radius 1 is 1.22 bits per heavy atom. The fourth-order valence-electron chi connectivity index (χ4n) is 1.47. The molecule has 0 heterocycles. The number of alkyl halides is 1. The Balaban J connectivity index is 2.82. The molecule has 0 saturated heterocycles. The maximum atomic E-state index is 13.7. The molecule has 0 aliphatic carbocycles. The number of carbonyl (C=O) groups is 2. The second kappa shape index (κ2) is 6.86. The predicted octanol–water partition coefficient (Wildman–Crippen LogP) is 4.27. The zero-order chi connectivity index (χ0) is 13.7. The van der Waals surface area contributed by atoms with Gasteiger partial charge >= 0.3 is 0 Å². The van der Waals surface area contributed by atoms with Crippen LogP contribution in [0.5, 0.6) is 0 Å². The lowest BCUT2D eigenvalue weighted by molar-refractivity contribution is -0.122. The Morgan fingerprint density at radius 2 is 1.78 bits per heavy atom. The van der Waals surface area contributed by atoms with Gasteiger partial charge in [0.05, 0.1) is 0 Å². The topological polar surface area (TPSA) is 34.1 Å². The third-order valence-corrected chi connectivity index (χ3v) is 2.87. The highest BCUT2D eigenvalue weighted by atomic mass is 35.5. The average Bonchev–Trinajstić information content (AvgIpc) is 2.32. The van der Waals surface area contributed by atoms with Crippen LogP contribution in [0.15, 0.2) is 18.2 Å². The first-order valence-electron chi connectivity index (χ1n) is 5.62. The first-order valence-corrected chi connectivity index (χ1v) is 6.38. The molecule has 0 bridgehead atoms. The van der Waals surface area contributed by atoms with E-state index in [0.717, 1.165) is 6.42 Å². The van der Waals surface area contributed by atoms with E-state index in [9.17, 15) is 14.0 Å². The van der Waals surface area contributed by atoms with Gasteiger partial charge in [0, 0.05) is 22.0 Å². The average molecular weight is 291 g/mol. The van der Waals surface area contributed by atoms with Crippen molar-refractivity contribution >= 4 is 34.8 Å². The highest BCUT2D eigenvalue weighted by Crippen LogP contribution is 2.21. The van der Waals surface area contributed by atoms with E-state index < -0.39 is 17.7 Å². The SMILES string of the molecule is CCCCC(=O)C(F)C(=O)c1cc(Cl)cc(Cl)c1. The Hall–Kier alpha value is -0.930. The van der Waals surface area contributed by atoms with Crippen LogP contribution in [-0.2, 0) is 4.79 Å². The van der Waals surface area contributed by atoms with Crippen LogP contribution in [0.3, 0.4) is 0 Å². The summed E-state index contributed by atoms with van der Waals surface area (Å²) in [5.41, 5.74) is 0.0184. The highest BCUT2D eigenvalue weighted by Gasteiger charge is 2.26. The summed E-state index contributed by atoms with van der Waals surface area (Å²) >= 11 is 11.4. The van der Waals surface area contributed by atoms with Crippen molar-refractivity contribution in [2.24, 2.45) is 0 Å². The molecule has 0 aliphatic rings. The number of hydrogen-bond acceptors (Lipinski definition) is 2. The van der Waals surface area contributed by atoms with E-state index in [0.29, 0.717) is 6.42 Å². The van der Waals surface area contributed by atoms with Gasteiger partial charge in [-0.3, -0.25) is 9.59 Å². The van der Waals surface area contributed by atoms with Gasteiger partial charge in [-0.05, 0) is 24.6 Å². The van der Waals surface area contributed by atoms with Gasteiger partial charge in [-0.15, -0.1) is 0 Å². The van der Waals surface area contributed by atoms with E-state index in [1.807, 2.05) is 6.92 Å². The van der Waals surface area contributed by atoms with Crippen LogP contribution in [0.2, 0.25) is 10.0 Å². The summed E-state index contributed by atoms with van der Waals surface area (Å²) in [5.74, 6) is -1.58. The minimum atomic E-state index is -2.13. The van der Waals surface area contributed by atoms with E-state index in [-0.39, 0.29) is 22.0 Å². The third kappa shape index (κ3) is 4.07. The molecule has 1 atom stereocenters. The normalized spacial score (nSPS) is 12.2. The van der Waals surface area contributed by atoms with Crippen LogP contribution in [0.1, 0.15) is 36.5 Å². The van der Waals surface area contributed by atoms with Crippen LogP contribution in [0, 0.1) is 0 Å². The summed E-state index contributed by atoms with van der Waals surface area (Å²) in [7, 11) is 0. The largest absolute Gasteiger partial charge is 0.296 e. The van der Waals surface area contributed by atoms with Gasteiger partial charge in [0.2, 0.25) is 12.0 Å². The van der Waals surface area contributed by atoms with Gasteiger partial charge in [-0.1, -0.05) is 36.5 Å². The van der Waals surface area contributed by atoms with Crippen molar-refractivity contribution in [2.45, 2.75) is 32.4 Å². The van der Waals surface area contributed by atoms with Gasteiger partial charge in [-0.25, -0.2) is 4.39 Å². The first-order chi connectivity index (χ1) is 8.45. The van der Waals surface area contributed by atoms with Crippen molar-refractivity contribution in [3.63, 3.8) is 0 Å². The zero-order valence-electron chi connectivity index (χ0n) is 9.88. The molecule has 1 unspecified atom stereocenters. The quantitative estimate of drug-likeness (QED) is 0.579. The van der Waals surface area contributed by atoms with E-state index in [4.69, 9.17) is 23.2 Å². The van der Waals surface area contributed by atoms with E-state index in [2.05, 4.69) is 0 Å². The van der Waals surface area contributed by atoms with Crippen LogP contribution in [0.4, 0.5) is 4.39 Å². The summed E-state index contributed by atoms with van der Waals surface area (Å²) in [6, 6.07) is 4.04. The van der Waals surface area contributed by atoms with Crippen molar-refractivity contribution in [3.8, 4) is 0 Å². The van der Waals surface area contributed by atoms with Gasteiger partial charge < -0.3 is 0 Å². The molecule has 1 rings (SSSR count). The van der Waals surface area contributed by atoms with Crippen LogP contribution in [-0.4, -0.2) is 17.7 Å². The van der Waals surface area contributed by atoms with E-state index in [1.165, 1.54) is 18.2 Å². The van der Waals surface area contributed by atoms with Crippen LogP contribution in [0.25, 0.3) is 0 Å². The monoisotopic (exact) mass is 290 g/mol. The molecule has 98 valence electrons. The minimum absolute atomic E-state index is 0.0184. The molecule has 0 spiro atoms. The maximum absolute atomic E-state index is 13.7. The van der Waals surface area contributed by atoms with Gasteiger partial charge in [0.1, 0.15) is 0 Å². The van der Waals surface area contributed by atoms with E-state index >= 15 is 0 Å². The molecular formula is C13H13Cl2FO2. The van der Waals surface area contributed by atoms with Crippen molar-refractivity contribution in [2.75, 3.05) is 0 Å². The number of halogens is 3. The number of rotatable bonds is 6. The van der Waals surface area contributed by atoms with Crippen molar-refractivity contribution < 1.29 is 14.0 Å². The number of ketones is 2. The van der Waals surface area contributed by atoms with Crippen LogP contribution >= 0.6 is 23.2 Å². The molecule has 0 fully saturated rings. The lowest BCUT2D eigenvalue weighted by Gasteiger charge is -2.07. The molecule has 0 aromatic heterocycles. The van der Waals surface area contributed by atoms with E-state index in [1.54, 1.807) is 0 Å². The maximum Gasteiger partial charge on any atom is 0.220 e. The van der Waals surface area contributed by atoms with Crippen molar-refractivity contribution in [3.05, 3.63) is 33.8 Å². The molecule has 0 radical (unpaired) electrons. The minimum Gasteiger partial charge on any atom is -0.296 e. The van der Waals surface area contributed by atoms with Gasteiger partial charge in [0.15, 0.2) is 5.78 Å². The zero-order valence-corrected chi connectivity index (χ0v) is 11.4. The molecule has 1 aromatic rings. The second-order valence-corrected chi connectivity index (χ2v) is 4.83. The molecule has 2 nitrogen and oxygen atoms in total. The molecule has 0 amide bonds. The third-order valence-electron chi connectivity index (χ3n) is 2.44. The Kier molecular flexibility index (Phi) is 5.76. The summed E-state index contributed by atoms with van der Waals surface area (Å²) in [5, 5.41) is 0.470. The number of unbranched alkanes of at least 4 members (excludes halogenated alkanes) is 1. The lowest BCUT2D eigenvalue weighted by atomic mass is 10.0. The van der Waals surface area contributed by atoms with Crippen molar-refractivity contribution in [1.82, 2.24) is 0 Å². The second-order valence-electron chi connectivity index (χ2n) is 3.95. The predicted molar refractivity (Wildman–Crippen MR) is 70.2 cm³/mol. The lowest BCUT2D eigenvalue weighted by Crippen LogP contribution is -2.25. The molecule has 1 aromatic carbocycles. The Morgan fingerprint density at radius 3 is 2.28 bits per heavy atom. The van der Waals surface area contributed by atoms with Gasteiger partial charge in [0.25, 0.3) is 0 Å². The molecule has 0 saturated carbocycles. The molecule has 0 N–H and O–H groups in total. The summed E-state index contributed by atoms with van der Waals surface area (Å²) < 4.78 is 13.7. The molecule has 5 heteroatoms. The molecule has 18 heavy (non-hydrogen) atoms. The fourth-order valence-corrected chi connectivity index (χ4v) is 1.99. The van der Waals surface area contributed by atoms with Crippen LogP contribution < -0.4 is 0 Å². The number of benzene rings is 1. The standard InChI is InChI=1S/C13H13Cl2FO2/c1-2-3-4-11(17)12(16)13(18)8-5-9(14)7-10(15)6-8/h5-7,12H,2-4H2,1H3. The van der Waals surface area contributed by atoms with Crippen molar-refractivity contribution in [1.29, 1.82) is 0 Å².